The van der Waals surface area contributed by atoms with E-state index in [9.17, 15) is 4.79 Å². The summed E-state index contributed by atoms with van der Waals surface area (Å²) in [5.41, 5.74) is 1.06. The summed E-state index contributed by atoms with van der Waals surface area (Å²) < 4.78 is 5.60. The van der Waals surface area contributed by atoms with Gasteiger partial charge >= 0.3 is 5.97 Å². The standard InChI is InChI=1S/C15H10ClNO3/c16-13-5-4-10(8-15(18)19)7-14(13)20-12-3-1-2-11(6-12)9-17/h1-7H,8H2,(H,18,19). The highest BCUT2D eigenvalue weighted by Crippen LogP contribution is 2.30. The van der Waals surface area contributed by atoms with E-state index in [-0.39, 0.29) is 6.42 Å². The third kappa shape index (κ3) is 3.50. The van der Waals surface area contributed by atoms with E-state index in [1.54, 1.807) is 42.5 Å². The van der Waals surface area contributed by atoms with Crippen molar-refractivity contribution in [3.8, 4) is 17.6 Å². The molecule has 1 N–H and O–H groups in total. The number of carboxylic acids is 1. The van der Waals surface area contributed by atoms with Crippen molar-refractivity contribution < 1.29 is 14.6 Å². The lowest BCUT2D eigenvalue weighted by atomic mass is 10.1. The molecular formula is C15H10ClNO3. The molecule has 0 saturated carbocycles. The topological polar surface area (TPSA) is 70.3 Å². The lowest BCUT2D eigenvalue weighted by Gasteiger charge is -2.09. The average Bonchev–Trinajstić information content (AvgIpc) is 2.42. The van der Waals surface area contributed by atoms with E-state index >= 15 is 0 Å². The molecule has 0 radical (unpaired) electrons. The van der Waals surface area contributed by atoms with E-state index in [0.717, 1.165) is 0 Å². The van der Waals surface area contributed by atoms with Gasteiger partial charge in [-0.15, -0.1) is 0 Å². The van der Waals surface area contributed by atoms with Crippen LogP contribution in [0, 0.1) is 11.3 Å². The molecule has 20 heavy (non-hydrogen) atoms. The quantitative estimate of drug-likeness (QED) is 0.932. The smallest absolute Gasteiger partial charge is 0.307 e. The highest BCUT2D eigenvalue weighted by atomic mass is 35.5. The van der Waals surface area contributed by atoms with Crippen LogP contribution in [0.2, 0.25) is 5.02 Å². The van der Waals surface area contributed by atoms with E-state index in [1.165, 1.54) is 0 Å². The molecule has 0 saturated heterocycles. The molecule has 2 aromatic rings. The van der Waals surface area contributed by atoms with Crippen molar-refractivity contribution >= 4 is 17.6 Å². The summed E-state index contributed by atoms with van der Waals surface area (Å²) in [6, 6.07) is 13.5. The first-order valence-corrected chi connectivity index (χ1v) is 6.14. The number of nitrogens with zero attached hydrogens (tertiary/aromatic N) is 1. The maximum Gasteiger partial charge on any atom is 0.307 e. The zero-order valence-electron chi connectivity index (χ0n) is 10.3. The minimum absolute atomic E-state index is 0.105. The van der Waals surface area contributed by atoms with Gasteiger partial charge in [-0.2, -0.15) is 5.26 Å². The van der Waals surface area contributed by atoms with Crippen LogP contribution >= 0.6 is 11.6 Å². The van der Waals surface area contributed by atoms with Crippen LogP contribution in [0.5, 0.6) is 11.5 Å². The number of halogens is 1. The van der Waals surface area contributed by atoms with E-state index in [4.69, 9.17) is 26.7 Å². The predicted octanol–water partition coefficient (Wildman–Crippen LogP) is 3.63. The van der Waals surface area contributed by atoms with Gasteiger partial charge < -0.3 is 9.84 Å². The fourth-order valence-corrected chi connectivity index (χ4v) is 1.82. The lowest BCUT2D eigenvalue weighted by molar-refractivity contribution is -0.136. The van der Waals surface area contributed by atoms with Crippen molar-refractivity contribution in [3.05, 3.63) is 58.6 Å². The van der Waals surface area contributed by atoms with Gasteiger partial charge in [0.25, 0.3) is 0 Å². The molecule has 0 fully saturated rings. The summed E-state index contributed by atoms with van der Waals surface area (Å²) in [7, 11) is 0. The molecule has 0 atom stereocenters. The Bertz CT molecular complexity index is 692. The van der Waals surface area contributed by atoms with Crippen molar-refractivity contribution in [1.82, 2.24) is 0 Å². The molecule has 0 aromatic heterocycles. The number of aliphatic carboxylic acids is 1. The zero-order chi connectivity index (χ0) is 14.5. The highest BCUT2D eigenvalue weighted by Gasteiger charge is 2.08. The molecule has 2 aromatic carbocycles. The second-order valence-electron chi connectivity index (χ2n) is 4.08. The van der Waals surface area contributed by atoms with Crippen LogP contribution in [-0.2, 0) is 11.2 Å². The van der Waals surface area contributed by atoms with Gasteiger partial charge in [0.2, 0.25) is 0 Å². The predicted molar refractivity (Wildman–Crippen MR) is 74.0 cm³/mol. The number of benzene rings is 2. The average molecular weight is 288 g/mol. The first-order chi connectivity index (χ1) is 9.58. The normalized spacial score (nSPS) is 9.80. The highest BCUT2D eigenvalue weighted by molar-refractivity contribution is 6.32. The second kappa shape index (κ2) is 6.09. The summed E-state index contributed by atoms with van der Waals surface area (Å²) in [6.45, 7) is 0. The second-order valence-corrected chi connectivity index (χ2v) is 4.48. The van der Waals surface area contributed by atoms with Crippen LogP contribution in [0.1, 0.15) is 11.1 Å². The van der Waals surface area contributed by atoms with Gasteiger partial charge in [0, 0.05) is 0 Å². The summed E-state index contributed by atoms with van der Waals surface area (Å²) in [6.07, 6.45) is -0.105. The number of hydrogen-bond donors (Lipinski definition) is 1. The van der Waals surface area contributed by atoms with Gasteiger partial charge in [-0.1, -0.05) is 23.7 Å². The van der Waals surface area contributed by atoms with Gasteiger partial charge in [0.1, 0.15) is 11.5 Å². The zero-order valence-corrected chi connectivity index (χ0v) is 11.1. The van der Waals surface area contributed by atoms with Crippen molar-refractivity contribution in [2.45, 2.75) is 6.42 Å². The molecule has 0 bridgehead atoms. The lowest BCUT2D eigenvalue weighted by Crippen LogP contribution is -2.00. The van der Waals surface area contributed by atoms with Crippen LogP contribution in [-0.4, -0.2) is 11.1 Å². The molecular weight excluding hydrogens is 278 g/mol. The maximum absolute atomic E-state index is 10.7. The van der Waals surface area contributed by atoms with Crippen molar-refractivity contribution in [2.75, 3.05) is 0 Å². The van der Waals surface area contributed by atoms with Gasteiger partial charge in [-0.25, -0.2) is 0 Å². The summed E-state index contributed by atoms with van der Waals surface area (Å²) in [5.74, 6) is -0.0938. The van der Waals surface area contributed by atoms with Crippen LogP contribution in [0.4, 0.5) is 0 Å². The third-order valence-corrected chi connectivity index (χ3v) is 2.85. The number of rotatable bonds is 4. The number of carboxylic acid groups (broad SMARTS) is 1. The van der Waals surface area contributed by atoms with Crippen LogP contribution in [0.15, 0.2) is 42.5 Å². The molecule has 0 aliphatic rings. The number of nitriles is 1. The Labute approximate surface area is 120 Å². The Hall–Kier alpha value is -2.51. The Morgan fingerprint density at radius 3 is 2.80 bits per heavy atom. The molecule has 100 valence electrons. The van der Waals surface area contributed by atoms with E-state index in [1.807, 2.05) is 6.07 Å². The van der Waals surface area contributed by atoms with E-state index in [0.29, 0.717) is 27.6 Å². The molecule has 2 rings (SSSR count). The molecule has 0 amide bonds. The molecule has 5 heteroatoms. The Balaban J connectivity index is 2.28. The minimum atomic E-state index is -0.926. The van der Waals surface area contributed by atoms with Crippen molar-refractivity contribution in [3.63, 3.8) is 0 Å². The minimum Gasteiger partial charge on any atom is -0.481 e. The van der Waals surface area contributed by atoms with Crippen LogP contribution < -0.4 is 4.74 Å². The third-order valence-electron chi connectivity index (χ3n) is 2.54. The molecule has 0 heterocycles. The Morgan fingerprint density at radius 1 is 1.30 bits per heavy atom. The van der Waals surface area contributed by atoms with Crippen LogP contribution in [0.3, 0.4) is 0 Å². The van der Waals surface area contributed by atoms with Gasteiger partial charge in [0.15, 0.2) is 0 Å². The molecule has 0 aliphatic carbocycles. The summed E-state index contributed by atoms with van der Waals surface area (Å²) in [4.78, 5) is 10.7. The molecule has 0 unspecified atom stereocenters. The molecule has 0 aliphatic heterocycles. The number of carbonyl (C=O) groups is 1. The fourth-order valence-electron chi connectivity index (χ4n) is 1.67. The largest absolute Gasteiger partial charge is 0.481 e. The van der Waals surface area contributed by atoms with Crippen molar-refractivity contribution in [2.24, 2.45) is 0 Å². The first-order valence-electron chi connectivity index (χ1n) is 5.77. The summed E-state index contributed by atoms with van der Waals surface area (Å²) >= 11 is 6.02. The van der Waals surface area contributed by atoms with Crippen molar-refractivity contribution in [1.29, 1.82) is 5.26 Å². The first kappa shape index (κ1) is 13.9. The SMILES string of the molecule is N#Cc1cccc(Oc2cc(CC(=O)O)ccc2Cl)c1. The molecule has 0 spiro atoms. The van der Waals surface area contributed by atoms with E-state index < -0.39 is 5.97 Å². The van der Waals surface area contributed by atoms with Crippen LogP contribution in [0.25, 0.3) is 0 Å². The fraction of sp³-hybridized carbons (Fsp3) is 0.0667. The molecule has 4 nitrogen and oxygen atoms in total. The Morgan fingerprint density at radius 2 is 2.10 bits per heavy atom. The maximum atomic E-state index is 10.7. The van der Waals surface area contributed by atoms with E-state index in [2.05, 4.69) is 0 Å². The van der Waals surface area contributed by atoms with Gasteiger partial charge in [-0.05, 0) is 35.9 Å². The number of ether oxygens (including phenoxy) is 1. The number of hydrogen-bond acceptors (Lipinski definition) is 3. The summed E-state index contributed by atoms with van der Waals surface area (Å²) in [5, 5.41) is 18.0. The monoisotopic (exact) mass is 287 g/mol. The van der Waals surface area contributed by atoms with Gasteiger partial charge in [0.05, 0.1) is 23.1 Å². The Kier molecular flexibility index (Phi) is 4.24. The van der Waals surface area contributed by atoms with Gasteiger partial charge in [-0.3, -0.25) is 4.79 Å².